The molecule has 0 spiro atoms. The molecule has 0 atom stereocenters. The smallest absolute Gasteiger partial charge is 0.246 e. The van der Waals surface area contributed by atoms with Crippen LogP contribution in [0.4, 0.5) is 4.39 Å². The summed E-state index contributed by atoms with van der Waals surface area (Å²) in [6, 6.07) is 4.47. The lowest BCUT2D eigenvalue weighted by molar-refractivity contribution is -0.127. The fourth-order valence-electron chi connectivity index (χ4n) is 1.96. The minimum Gasteiger partial charge on any atom is -0.337 e. The Bertz CT molecular complexity index is 476. The van der Waals surface area contributed by atoms with E-state index in [-0.39, 0.29) is 11.5 Å². The zero-order valence-electron chi connectivity index (χ0n) is 10.8. The van der Waals surface area contributed by atoms with Gasteiger partial charge in [0, 0.05) is 37.8 Å². The summed E-state index contributed by atoms with van der Waals surface area (Å²) in [5.41, 5.74) is 0.256. The first-order valence-electron chi connectivity index (χ1n) is 6.17. The standard InChI is InChI=1S/C14H16ClFN2O/c1-17-7-9-18(10-8-17)14(19)6-5-11-12(15)3-2-4-13(11)16/h2-6H,7-10H2,1H3/b6-5+. The van der Waals surface area contributed by atoms with Crippen LogP contribution in [0.15, 0.2) is 24.3 Å². The molecule has 1 amide bonds. The Labute approximate surface area is 117 Å². The number of piperazine rings is 1. The van der Waals surface area contributed by atoms with Crippen molar-refractivity contribution in [3.8, 4) is 0 Å². The van der Waals surface area contributed by atoms with Crippen molar-refractivity contribution in [1.29, 1.82) is 0 Å². The number of hydrogen-bond donors (Lipinski definition) is 0. The molecule has 1 fully saturated rings. The lowest BCUT2D eigenvalue weighted by Gasteiger charge is -2.31. The second-order valence-electron chi connectivity index (χ2n) is 4.60. The minimum absolute atomic E-state index is 0.104. The molecule has 19 heavy (non-hydrogen) atoms. The third-order valence-corrected chi connectivity index (χ3v) is 3.54. The Kier molecular flexibility index (Phi) is 4.56. The van der Waals surface area contributed by atoms with Crippen molar-refractivity contribution in [1.82, 2.24) is 9.80 Å². The van der Waals surface area contributed by atoms with E-state index in [9.17, 15) is 9.18 Å². The van der Waals surface area contributed by atoms with Gasteiger partial charge >= 0.3 is 0 Å². The first-order valence-corrected chi connectivity index (χ1v) is 6.55. The molecule has 0 saturated carbocycles. The molecule has 1 aromatic carbocycles. The van der Waals surface area contributed by atoms with Gasteiger partial charge in [-0.25, -0.2) is 4.39 Å². The fraction of sp³-hybridized carbons (Fsp3) is 0.357. The van der Waals surface area contributed by atoms with Gasteiger partial charge < -0.3 is 9.80 Å². The van der Waals surface area contributed by atoms with Gasteiger partial charge in [-0.1, -0.05) is 17.7 Å². The third kappa shape index (κ3) is 3.55. The molecule has 2 rings (SSSR count). The van der Waals surface area contributed by atoms with Crippen molar-refractivity contribution in [2.45, 2.75) is 0 Å². The molecule has 0 N–H and O–H groups in total. The summed E-state index contributed by atoms with van der Waals surface area (Å²) in [5.74, 6) is -0.526. The van der Waals surface area contributed by atoms with Crippen LogP contribution in [0, 0.1) is 5.82 Å². The van der Waals surface area contributed by atoms with Gasteiger partial charge in [-0.3, -0.25) is 4.79 Å². The molecule has 3 nitrogen and oxygen atoms in total. The molecule has 0 unspecified atom stereocenters. The Morgan fingerprint density at radius 1 is 1.32 bits per heavy atom. The van der Waals surface area contributed by atoms with Crippen LogP contribution in [0.1, 0.15) is 5.56 Å². The molecule has 1 heterocycles. The third-order valence-electron chi connectivity index (χ3n) is 3.21. The molecule has 0 aromatic heterocycles. The SMILES string of the molecule is CN1CCN(C(=O)/C=C/c2c(F)cccc2Cl)CC1. The van der Waals surface area contributed by atoms with Crippen LogP contribution in [-0.4, -0.2) is 48.9 Å². The number of halogens is 2. The topological polar surface area (TPSA) is 23.6 Å². The number of carbonyl (C=O) groups is 1. The van der Waals surface area contributed by atoms with Gasteiger partial charge in [0.15, 0.2) is 0 Å². The molecule has 1 aromatic rings. The number of rotatable bonds is 2. The van der Waals surface area contributed by atoms with E-state index in [2.05, 4.69) is 4.90 Å². The van der Waals surface area contributed by atoms with Crippen molar-refractivity contribution in [2.24, 2.45) is 0 Å². The Morgan fingerprint density at radius 2 is 2.00 bits per heavy atom. The van der Waals surface area contributed by atoms with E-state index < -0.39 is 5.82 Å². The molecule has 0 radical (unpaired) electrons. The van der Waals surface area contributed by atoms with E-state index in [0.29, 0.717) is 18.1 Å². The molecule has 5 heteroatoms. The predicted octanol–water partition coefficient (Wildman–Crippen LogP) is 2.27. The minimum atomic E-state index is -0.421. The molecule has 1 aliphatic rings. The quantitative estimate of drug-likeness (QED) is 0.777. The van der Waals surface area contributed by atoms with Gasteiger partial charge in [-0.05, 0) is 25.3 Å². The van der Waals surface area contributed by atoms with Crippen LogP contribution >= 0.6 is 11.6 Å². The van der Waals surface area contributed by atoms with Gasteiger partial charge in [0.05, 0.1) is 5.02 Å². The molecular formula is C14H16ClFN2O. The zero-order chi connectivity index (χ0) is 13.8. The lowest BCUT2D eigenvalue weighted by atomic mass is 10.2. The summed E-state index contributed by atoms with van der Waals surface area (Å²) in [6.07, 6.45) is 2.83. The maximum absolute atomic E-state index is 13.5. The largest absolute Gasteiger partial charge is 0.337 e. The number of likely N-dealkylation sites (N-methyl/N-ethyl adjacent to an activating group) is 1. The van der Waals surface area contributed by atoms with Crippen LogP contribution in [-0.2, 0) is 4.79 Å². The number of hydrogen-bond acceptors (Lipinski definition) is 2. The highest BCUT2D eigenvalue weighted by atomic mass is 35.5. The van der Waals surface area contributed by atoms with Gasteiger partial charge in [0.1, 0.15) is 5.82 Å². The fourth-order valence-corrected chi connectivity index (χ4v) is 2.18. The van der Waals surface area contributed by atoms with E-state index in [4.69, 9.17) is 11.6 Å². The normalized spacial score (nSPS) is 17.1. The molecule has 0 bridgehead atoms. The highest BCUT2D eigenvalue weighted by Crippen LogP contribution is 2.20. The average Bonchev–Trinajstić information content (AvgIpc) is 2.38. The van der Waals surface area contributed by atoms with E-state index in [0.717, 1.165) is 13.1 Å². The van der Waals surface area contributed by atoms with Crippen molar-refractivity contribution in [2.75, 3.05) is 33.2 Å². The Hall–Kier alpha value is -1.39. The summed E-state index contributed by atoms with van der Waals surface area (Å²) in [6.45, 7) is 3.12. The first-order chi connectivity index (χ1) is 9.08. The summed E-state index contributed by atoms with van der Waals surface area (Å²) < 4.78 is 13.5. The van der Waals surface area contributed by atoms with E-state index in [1.807, 2.05) is 7.05 Å². The Balaban J connectivity index is 2.04. The van der Waals surface area contributed by atoms with Gasteiger partial charge in [0.25, 0.3) is 0 Å². The number of amides is 1. The molecular weight excluding hydrogens is 267 g/mol. The molecule has 1 saturated heterocycles. The molecule has 102 valence electrons. The first kappa shape index (κ1) is 14.0. The van der Waals surface area contributed by atoms with E-state index in [1.165, 1.54) is 24.3 Å². The van der Waals surface area contributed by atoms with Crippen molar-refractivity contribution >= 4 is 23.6 Å². The van der Waals surface area contributed by atoms with Crippen LogP contribution in [0.25, 0.3) is 6.08 Å². The summed E-state index contributed by atoms with van der Waals surface area (Å²) >= 11 is 5.90. The number of nitrogens with zero attached hydrogens (tertiary/aromatic N) is 2. The second-order valence-corrected chi connectivity index (χ2v) is 5.00. The van der Waals surface area contributed by atoms with Crippen LogP contribution in [0.3, 0.4) is 0 Å². The summed E-state index contributed by atoms with van der Waals surface area (Å²) in [5, 5.41) is 0.308. The van der Waals surface area contributed by atoms with Gasteiger partial charge in [0.2, 0.25) is 5.91 Å². The van der Waals surface area contributed by atoms with E-state index in [1.54, 1.807) is 11.0 Å². The Morgan fingerprint density at radius 3 is 2.63 bits per heavy atom. The number of benzene rings is 1. The molecule has 1 aliphatic heterocycles. The van der Waals surface area contributed by atoms with Crippen LogP contribution < -0.4 is 0 Å². The van der Waals surface area contributed by atoms with Crippen LogP contribution in [0.5, 0.6) is 0 Å². The maximum atomic E-state index is 13.5. The van der Waals surface area contributed by atoms with Gasteiger partial charge in [-0.15, -0.1) is 0 Å². The second kappa shape index (κ2) is 6.17. The summed E-state index contributed by atoms with van der Waals surface area (Å²) in [7, 11) is 2.02. The van der Waals surface area contributed by atoms with Crippen molar-refractivity contribution in [3.05, 3.63) is 40.7 Å². The monoisotopic (exact) mass is 282 g/mol. The lowest BCUT2D eigenvalue weighted by Crippen LogP contribution is -2.46. The zero-order valence-corrected chi connectivity index (χ0v) is 11.5. The highest BCUT2D eigenvalue weighted by molar-refractivity contribution is 6.32. The van der Waals surface area contributed by atoms with Crippen LogP contribution in [0.2, 0.25) is 5.02 Å². The maximum Gasteiger partial charge on any atom is 0.246 e. The average molecular weight is 283 g/mol. The van der Waals surface area contributed by atoms with E-state index >= 15 is 0 Å². The predicted molar refractivity (Wildman–Crippen MR) is 74.5 cm³/mol. The summed E-state index contributed by atoms with van der Waals surface area (Å²) in [4.78, 5) is 15.9. The van der Waals surface area contributed by atoms with Gasteiger partial charge in [-0.2, -0.15) is 0 Å². The number of carbonyl (C=O) groups excluding carboxylic acids is 1. The van der Waals surface area contributed by atoms with Crippen molar-refractivity contribution in [3.63, 3.8) is 0 Å². The van der Waals surface area contributed by atoms with Crippen molar-refractivity contribution < 1.29 is 9.18 Å². The highest BCUT2D eigenvalue weighted by Gasteiger charge is 2.17. The molecule has 0 aliphatic carbocycles.